The first kappa shape index (κ1) is 14.6. The summed E-state index contributed by atoms with van der Waals surface area (Å²) in [4.78, 5) is 4.25. The van der Waals surface area contributed by atoms with Gasteiger partial charge in [0, 0.05) is 26.5 Å². The van der Waals surface area contributed by atoms with Gasteiger partial charge < -0.3 is 33.2 Å². The molecule has 0 saturated heterocycles. The third kappa shape index (κ3) is 14.0. The van der Waals surface area contributed by atoms with Gasteiger partial charge in [0.25, 0.3) is 0 Å². The van der Waals surface area contributed by atoms with Crippen molar-refractivity contribution in [2.75, 3.05) is 20.8 Å². The van der Waals surface area contributed by atoms with Gasteiger partial charge >= 0.3 is 7.25 Å². The highest BCUT2D eigenvalue weighted by Crippen LogP contribution is 2.06. The van der Waals surface area contributed by atoms with E-state index >= 15 is 0 Å². The Hall–Kier alpha value is -0.915. The van der Waals surface area contributed by atoms with Gasteiger partial charge in [-0.3, -0.25) is 0 Å². The Kier molecular flexibility index (Phi) is 6.38. The van der Waals surface area contributed by atoms with Crippen LogP contribution >= 0.6 is 0 Å². The van der Waals surface area contributed by atoms with Crippen LogP contribution in [0, 0.1) is 0 Å². The molecule has 4 N–H and O–H groups in total. The lowest BCUT2D eigenvalue weighted by Gasteiger charge is -2.10. The maximum Gasteiger partial charge on any atom is 0.673 e. The second kappa shape index (κ2) is 5.68. The molecule has 8 heteroatoms. The fraction of sp³-hybridized carbons (Fsp3) is 0.600. The molecule has 0 bridgehead atoms. The van der Waals surface area contributed by atoms with Gasteiger partial charge in [-0.05, 0) is 0 Å². The van der Waals surface area contributed by atoms with Crippen molar-refractivity contribution in [3.63, 3.8) is 0 Å². The minimum Gasteiger partial charge on any atom is -0.418 e. The Morgan fingerprint density at radius 2 is 1.23 bits per heavy atom. The number of rotatable bonds is 0. The van der Waals surface area contributed by atoms with Gasteiger partial charge in [0.15, 0.2) is 0 Å². The van der Waals surface area contributed by atoms with Crippen LogP contribution in [0.5, 0.6) is 0 Å². The molecule has 0 unspecified atom stereocenters. The van der Waals surface area contributed by atoms with Gasteiger partial charge in [-0.25, -0.2) is 0 Å². The molecule has 0 aromatic carbocycles. The molecule has 80 valence electrons. The first-order chi connectivity index (χ1) is 5.29. The number of nitrogens with zero attached hydrogens (tertiary/aromatic N) is 2. The zero-order valence-corrected chi connectivity index (χ0v) is 7.85. The molecule has 0 radical (unpaired) electrons. The van der Waals surface area contributed by atoms with E-state index in [1.54, 1.807) is 0 Å². The summed E-state index contributed by atoms with van der Waals surface area (Å²) in [5.74, 6) is 0. The summed E-state index contributed by atoms with van der Waals surface area (Å²) >= 11 is 0. The van der Waals surface area contributed by atoms with E-state index in [1.165, 1.54) is 0 Å². The summed E-state index contributed by atoms with van der Waals surface area (Å²) in [6.07, 6.45) is 4.11. The van der Waals surface area contributed by atoms with Crippen LogP contribution in [0.3, 0.4) is 0 Å². The van der Waals surface area contributed by atoms with E-state index in [1.807, 2.05) is 0 Å². The molecule has 3 nitrogen and oxygen atoms in total. The van der Waals surface area contributed by atoms with Gasteiger partial charge in [0.2, 0.25) is 0 Å². The molecule has 0 amide bonds. The van der Waals surface area contributed by atoms with Gasteiger partial charge in [-0.15, -0.1) is 0 Å². The summed E-state index contributed by atoms with van der Waals surface area (Å²) in [7, 11) is -1.89. The van der Waals surface area contributed by atoms with E-state index in [4.69, 9.17) is 0 Å². The van der Waals surface area contributed by atoms with Crippen molar-refractivity contribution in [2.24, 2.45) is 0 Å². The fourth-order valence-corrected chi connectivity index (χ4v) is 0.674. The van der Waals surface area contributed by atoms with E-state index in [0.29, 0.717) is 0 Å². The van der Waals surface area contributed by atoms with E-state index in [2.05, 4.69) is 36.3 Å². The van der Waals surface area contributed by atoms with Crippen LogP contribution in [0.4, 0.5) is 17.3 Å². The molecule has 0 aliphatic carbocycles. The largest absolute Gasteiger partial charge is 0.673 e. The van der Waals surface area contributed by atoms with Crippen LogP contribution in [0.1, 0.15) is 0 Å². The number of quaternary nitrogens is 1. The van der Waals surface area contributed by atoms with Crippen LogP contribution in [0.15, 0.2) is 12.4 Å². The van der Waals surface area contributed by atoms with Crippen molar-refractivity contribution in [3.05, 3.63) is 12.4 Å². The summed E-state index contributed by atoms with van der Waals surface area (Å²) < 4.78 is 39.0. The maximum atomic E-state index is 9.75. The summed E-state index contributed by atoms with van der Waals surface area (Å²) in [6.45, 7) is 1.03. The van der Waals surface area contributed by atoms with Crippen molar-refractivity contribution < 1.29 is 17.3 Å². The third-order valence-corrected chi connectivity index (χ3v) is 1.02. The molecule has 0 atom stereocenters. The normalized spacial score (nSPS) is 14.9. The summed E-state index contributed by atoms with van der Waals surface area (Å²) in [5.41, 5.74) is 0. The van der Waals surface area contributed by atoms with Crippen molar-refractivity contribution in [1.29, 1.82) is 0 Å². The lowest BCUT2D eigenvalue weighted by molar-refractivity contribution is 0.340. The number of hydrogen-bond donors (Lipinski definition) is 1. The Bertz CT molecular complexity index is 144. The minimum absolute atomic E-state index is 0. The molecule has 0 aromatic rings. The first-order valence-electron chi connectivity index (χ1n) is 3.25. The van der Waals surface area contributed by atoms with Crippen molar-refractivity contribution in [3.8, 4) is 0 Å². The predicted octanol–water partition coefficient (Wildman–Crippen LogP) is 1.97. The van der Waals surface area contributed by atoms with Gasteiger partial charge in [-0.1, -0.05) is 0 Å². The lowest BCUT2D eigenvalue weighted by Crippen LogP contribution is -2.17. The number of halogens is 4. The SMILES string of the molecule is CN1C=CN(C)C1.F[B-](F)(F)F.[NH4+]. The molecule has 1 aliphatic rings. The number of hydrogen-bond acceptors (Lipinski definition) is 2. The minimum atomic E-state index is -6.00. The quantitative estimate of drug-likeness (QED) is 0.483. The molecule has 0 spiro atoms. The smallest absolute Gasteiger partial charge is 0.418 e. The van der Waals surface area contributed by atoms with Crippen molar-refractivity contribution in [2.45, 2.75) is 0 Å². The van der Waals surface area contributed by atoms with Crippen LogP contribution in [-0.4, -0.2) is 37.8 Å². The highest BCUT2D eigenvalue weighted by atomic mass is 19.5. The highest BCUT2D eigenvalue weighted by Gasteiger charge is 2.20. The van der Waals surface area contributed by atoms with E-state index in [0.717, 1.165) is 6.67 Å². The van der Waals surface area contributed by atoms with Gasteiger partial charge in [-0.2, -0.15) is 0 Å². The second-order valence-electron chi connectivity index (χ2n) is 2.45. The lowest BCUT2D eigenvalue weighted by atomic mass is 10.3. The molecule has 0 fully saturated rings. The van der Waals surface area contributed by atoms with Crippen molar-refractivity contribution in [1.82, 2.24) is 16.0 Å². The molecule has 1 heterocycles. The molecule has 0 aromatic heterocycles. The average molecular weight is 203 g/mol. The zero-order chi connectivity index (χ0) is 9.78. The van der Waals surface area contributed by atoms with Gasteiger partial charge in [0.1, 0.15) is 0 Å². The van der Waals surface area contributed by atoms with Crippen LogP contribution in [0.2, 0.25) is 0 Å². The molecule has 1 rings (SSSR count). The third-order valence-electron chi connectivity index (χ3n) is 1.02. The first-order valence-corrected chi connectivity index (χ1v) is 3.25. The Morgan fingerprint density at radius 3 is 1.31 bits per heavy atom. The Morgan fingerprint density at radius 1 is 1.00 bits per heavy atom. The maximum absolute atomic E-state index is 9.75. The van der Waals surface area contributed by atoms with Crippen LogP contribution in [0.25, 0.3) is 0 Å². The van der Waals surface area contributed by atoms with E-state index < -0.39 is 7.25 Å². The zero-order valence-electron chi connectivity index (χ0n) is 7.85. The molecular formula is C5H14BF4N3. The Balaban J connectivity index is 0. The van der Waals surface area contributed by atoms with E-state index in [-0.39, 0.29) is 6.15 Å². The average Bonchev–Trinajstić information content (AvgIpc) is 2.09. The molecular weight excluding hydrogens is 189 g/mol. The molecule has 1 aliphatic heterocycles. The standard InChI is InChI=1S/C5H10N2.BF4.H3N/c1-6-3-4-7(2)5-6;2-1(3,4)5;/h3-4H,5H2,1-2H3;;1H3/q;-1;/p+1. The fourth-order valence-electron chi connectivity index (χ4n) is 0.674. The predicted molar refractivity (Wildman–Crippen MR) is 45.7 cm³/mol. The van der Waals surface area contributed by atoms with Crippen molar-refractivity contribution >= 4 is 7.25 Å². The Labute approximate surface area is 74.7 Å². The topological polar surface area (TPSA) is 43.0 Å². The molecule has 13 heavy (non-hydrogen) atoms. The monoisotopic (exact) mass is 203 g/mol. The summed E-state index contributed by atoms with van der Waals surface area (Å²) in [6, 6.07) is 0. The molecule has 0 saturated carbocycles. The van der Waals surface area contributed by atoms with E-state index in [9.17, 15) is 17.3 Å². The van der Waals surface area contributed by atoms with Crippen LogP contribution < -0.4 is 6.15 Å². The summed E-state index contributed by atoms with van der Waals surface area (Å²) in [5, 5.41) is 0. The highest BCUT2D eigenvalue weighted by molar-refractivity contribution is 6.50. The van der Waals surface area contributed by atoms with Crippen LogP contribution in [-0.2, 0) is 0 Å². The second-order valence-corrected chi connectivity index (χ2v) is 2.45. The van der Waals surface area contributed by atoms with Gasteiger partial charge in [0.05, 0.1) is 6.67 Å².